The van der Waals surface area contributed by atoms with Crippen LogP contribution in [0.25, 0.3) is 0 Å². The molecule has 0 amide bonds. The van der Waals surface area contributed by atoms with Gasteiger partial charge in [0.15, 0.2) is 29.0 Å². The standard InChI is InChI=1S/C6BrCl2F4N/c7-6(8)4(12)1(10)3(14-9)2(11)5(6)13. The van der Waals surface area contributed by atoms with Crippen molar-refractivity contribution >= 4 is 45.0 Å². The number of alkyl halides is 2. The van der Waals surface area contributed by atoms with Crippen LogP contribution in [0.1, 0.15) is 0 Å². The Balaban J connectivity index is 3.45. The summed E-state index contributed by atoms with van der Waals surface area (Å²) in [5, 5.41) is 0. The van der Waals surface area contributed by atoms with Crippen LogP contribution in [-0.2, 0) is 0 Å². The van der Waals surface area contributed by atoms with Gasteiger partial charge in [-0.1, -0.05) is 27.5 Å². The van der Waals surface area contributed by atoms with Crippen LogP contribution < -0.4 is 0 Å². The Hall–Kier alpha value is -0.0700. The molecule has 0 atom stereocenters. The molecule has 0 aromatic carbocycles. The molecule has 1 nitrogen and oxygen atoms in total. The van der Waals surface area contributed by atoms with E-state index in [1.54, 1.807) is 0 Å². The van der Waals surface area contributed by atoms with Crippen molar-refractivity contribution in [1.82, 2.24) is 0 Å². The maximum atomic E-state index is 13.0. The van der Waals surface area contributed by atoms with Crippen molar-refractivity contribution in [3.8, 4) is 0 Å². The Kier molecular flexibility index (Phi) is 3.28. The van der Waals surface area contributed by atoms with Crippen LogP contribution in [-0.4, -0.2) is 9.50 Å². The largest absolute Gasteiger partial charge is 0.207 e. The van der Waals surface area contributed by atoms with Gasteiger partial charge >= 0.3 is 0 Å². The molecule has 0 saturated carbocycles. The van der Waals surface area contributed by atoms with Crippen molar-refractivity contribution in [3.63, 3.8) is 0 Å². The number of nitrogens with zero attached hydrogens (tertiary/aromatic N) is 1. The Labute approximate surface area is 94.3 Å². The molecule has 0 unspecified atom stereocenters. The lowest BCUT2D eigenvalue weighted by Gasteiger charge is -2.21. The summed E-state index contributed by atoms with van der Waals surface area (Å²) in [7, 11) is 0. The highest BCUT2D eigenvalue weighted by Gasteiger charge is 2.47. The average Bonchev–Trinajstić information content (AvgIpc) is 2.14. The first-order chi connectivity index (χ1) is 6.34. The molecule has 0 saturated heterocycles. The first kappa shape index (κ1) is 12.0. The van der Waals surface area contributed by atoms with Gasteiger partial charge in [-0.25, -0.2) is 17.6 Å². The molecule has 0 bridgehead atoms. The number of hydrogen-bond donors (Lipinski definition) is 0. The molecule has 1 aliphatic carbocycles. The minimum atomic E-state index is -2.66. The quantitative estimate of drug-likeness (QED) is 0.469. The van der Waals surface area contributed by atoms with Crippen molar-refractivity contribution in [2.45, 2.75) is 3.78 Å². The fourth-order valence-electron chi connectivity index (χ4n) is 0.750. The van der Waals surface area contributed by atoms with Gasteiger partial charge in [0.1, 0.15) is 0 Å². The highest BCUT2D eigenvalue weighted by molar-refractivity contribution is 9.10. The first-order valence-electron chi connectivity index (χ1n) is 3.03. The third-order valence-electron chi connectivity index (χ3n) is 1.44. The van der Waals surface area contributed by atoms with Gasteiger partial charge in [-0.2, -0.15) is 4.51 Å². The lowest BCUT2D eigenvalue weighted by atomic mass is 10.1. The van der Waals surface area contributed by atoms with Gasteiger partial charge in [-0.3, -0.25) is 0 Å². The number of halogens is 7. The van der Waals surface area contributed by atoms with Crippen LogP contribution in [0.15, 0.2) is 27.8 Å². The van der Waals surface area contributed by atoms with E-state index in [-0.39, 0.29) is 0 Å². The minimum absolute atomic E-state index is 1.25. The van der Waals surface area contributed by atoms with Crippen LogP contribution >= 0.6 is 39.3 Å². The number of allylic oxidation sites excluding steroid dienone is 4. The lowest BCUT2D eigenvalue weighted by Crippen LogP contribution is -2.25. The summed E-state index contributed by atoms with van der Waals surface area (Å²) in [4.78, 5) is 0. The molecule has 8 heteroatoms. The van der Waals surface area contributed by atoms with Gasteiger partial charge in [0, 0.05) is 11.8 Å². The fourth-order valence-corrected chi connectivity index (χ4v) is 1.41. The van der Waals surface area contributed by atoms with E-state index in [2.05, 4.69) is 20.4 Å². The Bertz CT molecular complexity index is 344. The molecule has 0 aromatic heterocycles. The summed E-state index contributed by atoms with van der Waals surface area (Å²) in [6.07, 6.45) is 0. The molecule has 0 aliphatic heterocycles. The first-order valence-corrected chi connectivity index (χ1v) is 4.54. The Morgan fingerprint density at radius 2 is 1.43 bits per heavy atom. The second-order valence-corrected chi connectivity index (χ2v) is 4.65. The molecule has 78 valence electrons. The summed E-state index contributed by atoms with van der Waals surface area (Å²) in [6, 6.07) is 0. The van der Waals surface area contributed by atoms with Crippen molar-refractivity contribution < 1.29 is 17.6 Å². The van der Waals surface area contributed by atoms with Gasteiger partial charge < -0.3 is 0 Å². The maximum Gasteiger partial charge on any atom is 0.207 e. The van der Waals surface area contributed by atoms with Crippen molar-refractivity contribution in [2.75, 3.05) is 0 Å². The fraction of sp³-hybridized carbons (Fsp3) is 0.167. The lowest BCUT2D eigenvalue weighted by molar-refractivity contribution is 0.463. The highest BCUT2D eigenvalue weighted by Crippen LogP contribution is 2.48. The van der Waals surface area contributed by atoms with Crippen LogP contribution in [0.5, 0.6) is 0 Å². The van der Waals surface area contributed by atoms with E-state index in [0.717, 1.165) is 0 Å². The zero-order valence-corrected chi connectivity index (χ0v) is 9.19. The van der Waals surface area contributed by atoms with E-state index in [1.807, 2.05) is 0 Å². The van der Waals surface area contributed by atoms with Gasteiger partial charge in [0.05, 0.1) is 0 Å². The Morgan fingerprint density at radius 3 is 1.71 bits per heavy atom. The second kappa shape index (κ2) is 3.83. The van der Waals surface area contributed by atoms with Crippen molar-refractivity contribution in [2.24, 2.45) is 4.51 Å². The number of hydrogen-bond acceptors (Lipinski definition) is 1. The zero-order chi connectivity index (χ0) is 11.1. The summed E-state index contributed by atoms with van der Waals surface area (Å²) < 4.78 is 51.6. The normalized spacial score (nSPS) is 28.6. The van der Waals surface area contributed by atoms with Crippen LogP contribution in [0.3, 0.4) is 0 Å². The molecule has 14 heavy (non-hydrogen) atoms. The molecule has 0 N–H and O–H groups in total. The van der Waals surface area contributed by atoms with Crippen molar-refractivity contribution in [1.29, 1.82) is 0 Å². The highest BCUT2D eigenvalue weighted by atomic mass is 79.9. The van der Waals surface area contributed by atoms with Gasteiger partial charge in [0.25, 0.3) is 0 Å². The summed E-state index contributed by atoms with van der Waals surface area (Å²) in [6.45, 7) is 0. The predicted octanol–water partition coefficient (Wildman–Crippen LogP) is 4.23. The summed E-state index contributed by atoms with van der Waals surface area (Å²) in [5.74, 6) is -6.97. The Morgan fingerprint density at radius 1 is 1.07 bits per heavy atom. The molecule has 1 rings (SSSR count). The van der Waals surface area contributed by atoms with Gasteiger partial charge in [-0.15, -0.1) is 0 Å². The molecule has 0 radical (unpaired) electrons. The zero-order valence-electron chi connectivity index (χ0n) is 6.09. The topological polar surface area (TPSA) is 12.4 Å². The van der Waals surface area contributed by atoms with Gasteiger partial charge in [-0.05, 0) is 0 Å². The van der Waals surface area contributed by atoms with Gasteiger partial charge in [0.2, 0.25) is 3.78 Å². The molecular formula is C6BrCl2F4N. The van der Waals surface area contributed by atoms with E-state index in [9.17, 15) is 17.6 Å². The van der Waals surface area contributed by atoms with Crippen LogP contribution in [0.4, 0.5) is 17.6 Å². The number of rotatable bonds is 0. The maximum absolute atomic E-state index is 13.0. The minimum Gasteiger partial charge on any atom is -0.205 e. The molecule has 0 heterocycles. The predicted molar refractivity (Wildman–Crippen MR) is 49.3 cm³/mol. The second-order valence-electron chi connectivity index (χ2n) is 2.26. The van der Waals surface area contributed by atoms with Crippen LogP contribution in [0, 0.1) is 0 Å². The van der Waals surface area contributed by atoms with Crippen LogP contribution in [0.2, 0.25) is 0 Å². The summed E-state index contributed by atoms with van der Waals surface area (Å²) >= 11 is 12.2. The third kappa shape index (κ3) is 1.59. The van der Waals surface area contributed by atoms with Crippen molar-refractivity contribution in [3.05, 3.63) is 23.3 Å². The SMILES string of the molecule is FC1=C(F)C(Cl)(Br)C(F)=C(F)C1=NCl. The van der Waals surface area contributed by atoms with E-state index in [4.69, 9.17) is 23.4 Å². The monoisotopic (exact) mass is 311 g/mol. The average molecular weight is 313 g/mol. The summed E-state index contributed by atoms with van der Waals surface area (Å²) in [5.41, 5.74) is -1.25. The van der Waals surface area contributed by atoms with E-state index in [1.165, 1.54) is 0 Å². The molecule has 1 aliphatic rings. The third-order valence-corrected chi connectivity index (χ3v) is 2.63. The molecular weight excluding hydrogens is 313 g/mol. The smallest absolute Gasteiger partial charge is 0.205 e. The molecule has 0 fully saturated rings. The van der Waals surface area contributed by atoms with E-state index in [0.29, 0.717) is 0 Å². The van der Waals surface area contributed by atoms with E-state index < -0.39 is 32.8 Å². The van der Waals surface area contributed by atoms with E-state index >= 15 is 0 Å². The molecule has 0 aromatic rings. The molecule has 0 spiro atoms.